The van der Waals surface area contributed by atoms with Crippen LogP contribution >= 0.6 is 0 Å². The van der Waals surface area contributed by atoms with Gasteiger partial charge in [-0.1, -0.05) is 92.6 Å². The molecule has 0 fully saturated rings. The Morgan fingerprint density at radius 3 is 2.04 bits per heavy atom. The first-order chi connectivity index (χ1) is 11.3. The maximum atomic E-state index is 9.46. The van der Waals surface area contributed by atoms with E-state index in [4.69, 9.17) is 0 Å². The molecule has 0 radical (unpaired) electrons. The van der Waals surface area contributed by atoms with Crippen molar-refractivity contribution >= 4 is 0 Å². The van der Waals surface area contributed by atoms with Crippen LogP contribution in [0.3, 0.4) is 0 Å². The summed E-state index contributed by atoms with van der Waals surface area (Å²) in [5.41, 5.74) is 2.34. The fourth-order valence-electron chi connectivity index (χ4n) is 2.55. The van der Waals surface area contributed by atoms with Crippen molar-refractivity contribution in [2.45, 2.75) is 38.3 Å². The first kappa shape index (κ1) is 17.0. The Morgan fingerprint density at radius 1 is 1.00 bits per heavy atom. The molecule has 1 atom stereocenters. The summed E-state index contributed by atoms with van der Waals surface area (Å²) in [7, 11) is 0. The quantitative estimate of drug-likeness (QED) is 0.550. The molecule has 0 aromatic heterocycles. The maximum Gasteiger partial charge on any atom is 0.115 e. The minimum atomic E-state index is -0.294. The van der Waals surface area contributed by atoms with Gasteiger partial charge in [-0.15, -0.1) is 0 Å². The van der Waals surface area contributed by atoms with Gasteiger partial charge in [0.25, 0.3) is 0 Å². The number of nitrogens with zero attached hydrogens (tertiary/aromatic N) is 1. The highest BCUT2D eigenvalue weighted by Crippen LogP contribution is 2.22. The smallest absolute Gasteiger partial charge is 0.115 e. The van der Waals surface area contributed by atoms with E-state index in [2.05, 4.69) is 48.7 Å². The lowest BCUT2D eigenvalue weighted by Crippen LogP contribution is -2.31. The van der Waals surface area contributed by atoms with Crippen LogP contribution in [0.15, 0.2) is 72.8 Å². The SMILES string of the molecule is CCCC/C=C/[C@H](C#N)NC(c1ccccc1)c1ccccc1. The van der Waals surface area contributed by atoms with Crippen molar-refractivity contribution in [2.75, 3.05) is 0 Å². The van der Waals surface area contributed by atoms with E-state index in [1.165, 1.54) is 17.5 Å². The molecule has 118 valence electrons. The Bertz CT molecular complexity index is 586. The number of benzene rings is 2. The third kappa shape index (κ3) is 5.39. The Morgan fingerprint density at radius 2 is 1.57 bits per heavy atom. The number of allylic oxidation sites excluding steroid dienone is 1. The highest BCUT2D eigenvalue weighted by atomic mass is 14.9. The Hall–Kier alpha value is -2.37. The molecule has 0 saturated heterocycles. The summed E-state index contributed by atoms with van der Waals surface area (Å²) in [4.78, 5) is 0. The van der Waals surface area contributed by atoms with Crippen LogP contribution in [0, 0.1) is 11.3 Å². The molecule has 0 aliphatic heterocycles. The van der Waals surface area contributed by atoms with Crippen molar-refractivity contribution in [1.82, 2.24) is 5.32 Å². The molecule has 0 amide bonds. The molecule has 0 heterocycles. The molecule has 2 rings (SSSR count). The lowest BCUT2D eigenvalue weighted by Gasteiger charge is -2.21. The standard InChI is InChI=1S/C21H24N2/c1-2-3-4-11-16-20(17-22)23-21(18-12-7-5-8-13-18)19-14-9-6-10-15-19/h5-16,20-21,23H,2-4H2,1H3/b16-11+/t20-/m1/s1. The van der Waals surface area contributed by atoms with E-state index in [1.54, 1.807) is 0 Å². The van der Waals surface area contributed by atoms with Gasteiger partial charge in [-0.25, -0.2) is 0 Å². The van der Waals surface area contributed by atoms with E-state index in [1.807, 2.05) is 42.5 Å². The second-order valence-corrected chi connectivity index (χ2v) is 5.60. The minimum Gasteiger partial charge on any atom is -0.288 e. The van der Waals surface area contributed by atoms with E-state index < -0.39 is 0 Å². The predicted molar refractivity (Wildman–Crippen MR) is 95.9 cm³/mol. The van der Waals surface area contributed by atoms with Crippen molar-refractivity contribution in [1.29, 1.82) is 5.26 Å². The minimum absolute atomic E-state index is 0.0119. The number of nitrogens with one attached hydrogen (secondary N) is 1. The van der Waals surface area contributed by atoms with E-state index in [-0.39, 0.29) is 12.1 Å². The van der Waals surface area contributed by atoms with Gasteiger partial charge < -0.3 is 0 Å². The van der Waals surface area contributed by atoms with Gasteiger partial charge in [-0.2, -0.15) is 5.26 Å². The maximum absolute atomic E-state index is 9.46. The van der Waals surface area contributed by atoms with Crippen molar-refractivity contribution < 1.29 is 0 Å². The summed E-state index contributed by atoms with van der Waals surface area (Å²) in [6, 6.07) is 22.6. The van der Waals surface area contributed by atoms with Crippen LogP contribution in [0.4, 0.5) is 0 Å². The number of rotatable bonds is 8. The van der Waals surface area contributed by atoms with Gasteiger partial charge in [0.2, 0.25) is 0 Å². The third-order valence-electron chi connectivity index (χ3n) is 3.80. The molecule has 0 bridgehead atoms. The van der Waals surface area contributed by atoms with Gasteiger partial charge in [0.05, 0.1) is 12.1 Å². The molecule has 0 saturated carbocycles. The van der Waals surface area contributed by atoms with Crippen LogP contribution in [-0.4, -0.2) is 6.04 Å². The van der Waals surface area contributed by atoms with Crippen LogP contribution in [0.1, 0.15) is 43.4 Å². The van der Waals surface area contributed by atoms with Gasteiger partial charge >= 0.3 is 0 Å². The number of hydrogen-bond acceptors (Lipinski definition) is 2. The number of unbranched alkanes of at least 4 members (excludes halogenated alkanes) is 2. The summed E-state index contributed by atoms with van der Waals surface area (Å²) < 4.78 is 0. The van der Waals surface area contributed by atoms with E-state index in [0.717, 1.165) is 12.8 Å². The van der Waals surface area contributed by atoms with E-state index >= 15 is 0 Å². The van der Waals surface area contributed by atoms with Crippen molar-refractivity contribution in [3.8, 4) is 6.07 Å². The highest BCUT2D eigenvalue weighted by Gasteiger charge is 2.16. The van der Waals surface area contributed by atoms with Crippen molar-refractivity contribution in [3.05, 3.63) is 83.9 Å². The fraction of sp³-hybridized carbons (Fsp3) is 0.286. The molecule has 0 aliphatic rings. The summed E-state index contributed by atoms with van der Waals surface area (Å²) in [6.07, 6.45) is 7.45. The molecular weight excluding hydrogens is 280 g/mol. The summed E-state index contributed by atoms with van der Waals surface area (Å²) in [6.45, 7) is 2.18. The second-order valence-electron chi connectivity index (χ2n) is 5.60. The zero-order valence-electron chi connectivity index (χ0n) is 13.7. The number of nitriles is 1. The average Bonchev–Trinajstić information content (AvgIpc) is 2.63. The van der Waals surface area contributed by atoms with Gasteiger partial charge in [0.1, 0.15) is 6.04 Å². The molecule has 2 aromatic carbocycles. The van der Waals surface area contributed by atoms with Crippen LogP contribution < -0.4 is 5.32 Å². The van der Waals surface area contributed by atoms with Gasteiger partial charge in [0.15, 0.2) is 0 Å². The van der Waals surface area contributed by atoms with Gasteiger partial charge in [-0.05, 0) is 17.5 Å². The molecule has 23 heavy (non-hydrogen) atoms. The Labute approximate surface area is 139 Å². The molecule has 2 heteroatoms. The van der Waals surface area contributed by atoms with Crippen LogP contribution in [0.5, 0.6) is 0 Å². The second kappa shape index (κ2) is 9.61. The Balaban J connectivity index is 2.18. The lowest BCUT2D eigenvalue weighted by molar-refractivity contribution is 0.597. The average molecular weight is 304 g/mol. The predicted octanol–water partition coefficient (Wildman–Crippen LogP) is 5.00. The van der Waals surface area contributed by atoms with E-state index in [9.17, 15) is 5.26 Å². The third-order valence-corrected chi connectivity index (χ3v) is 3.80. The van der Waals surface area contributed by atoms with Crippen molar-refractivity contribution in [2.24, 2.45) is 0 Å². The topological polar surface area (TPSA) is 35.8 Å². The zero-order chi connectivity index (χ0) is 16.3. The van der Waals surface area contributed by atoms with Crippen LogP contribution in [0.2, 0.25) is 0 Å². The molecule has 0 aliphatic carbocycles. The van der Waals surface area contributed by atoms with Crippen LogP contribution in [-0.2, 0) is 0 Å². The largest absolute Gasteiger partial charge is 0.288 e. The zero-order valence-corrected chi connectivity index (χ0v) is 13.7. The fourth-order valence-corrected chi connectivity index (χ4v) is 2.55. The summed E-state index contributed by atoms with van der Waals surface area (Å²) >= 11 is 0. The molecule has 1 N–H and O–H groups in total. The molecule has 2 aromatic rings. The number of hydrogen-bond donors (Lipinski definition) is 1. The Kier molecular flexibility index (Phi) is 7.10. The molecule has 2 nitrogen and oxygen atoms in total. The normalized spacial score (nSPS) is 12.4. The lowest BCUT2D eigenvalue weighted by atomic mass is 9.98. The van der Waals surface area contributed by atoms with Gasteiger partial charge in [0, 0.05) is 0 Å². The van der Waals surface area contributed by atoms with Gasteiger partial charge in [-0.3, -0.25) is 5.32 Å². The summed E-state index contributed by atoms with van der Waals surface area (Å²) in [5, 5.41) is 12.9. The van der Waals surface area contributed by atoms with Crippen LogP contribution in [0.25, 0.3) is 0 Å². The first-order valence-corrected chi connectivity index (χ1v) is 8.27. The van der Waals surface area contributed by atoms with E-state index in [0.29, 0.717) is 0 Å². The highest BCUT2D eigenvalue weighted by molar-refractivity contribution is 5.32. The molecule has 0 unspecified atom stereocenters. The molecule has 0 spiro atoms. The monoisotopic (exact) mass is 304 g/mol. The van der Waals surface area contributed by atoms with Crippen molar-refractivity contribution in [3.63, 3.8) is 0 Å². The first-order valence-electron chi connectivity index (χ1n) is 8.27. The molecular formula is C21H24N2. The summed E-state index contributed by atoms with van der Waals surface area (Å²) in [5.74, 6) is 0.